The van der Waals surface area contributed by atoms with Crippen molar-refractivity contribution in [2.24, 2.45) is 0 Å². The average Bonchev–Trinajstić information content (AvgIpc) is 2.37. The van der Waals surface area contributed by atoms with E-state index in [0.29, 0.717) is 0 Å². The molecule has 0 bridgehead atoms. The maximum Gasteiger partial charge on any atom is 0.0931 e. The Bertz CT molecular complexity index is 237. The molecule has 1 heterocycles. The second-order valence-corrected chi connectivity index (χ2v) is 4.09. The molecule has 0 N–H and O–H groups in total. The van der Waals surface area contributed by atoms with Gasteiger partial charge in [0.1, 0.15) is 0 Å². The van der Waals surface area contributed by atoms with E-state index in [0.717, 1.165) is 17.2 Å². The van der Waals surface area contributed by atoms with Gasteiger partial charge in [0.2, 0.25) is 0 Å². The molecule has 0 fully saturated rings. The summed E-state index contributed by atoms with van der Waals surface area (Å²) in [5, 5.41) is 0. The Balaban J connectivity index is 2.45. The molecule has 0 aliphatic heterocycles. The van der Waals surface area contributed by atoms with Gasteiger partial charge in [0, 0.05) is 4.88 Å². The predicted octanol–water partition coefficient (Wildman–Crippen LogP) is 3.91. The molecule has 0 aromatic carbocycles. The van der Waals surface area contributed by atoms with Crippen molar-refractivity contribution in [3.8, 4) is 0 Å². The van der Waals surface area contributed by atoms with E-state index in [4.69, 9.17) is 11.6 Å². The largest absolute Gasteiger partial charge is 0.128 e. The van der Waals surface area contributed by atoms with E-state index in [1.165, 1.54) is 4.88 Å². The summed E-state index contributed by atoms with van der Waals surface area (Å²) in [4.78, 5) is 1.33. The summed E-state index contributed by atoms with van der Waals surface area (Å²) in [6.07, 6.45) is 6.49. The minimum absolute atomic E-state index is 0.880. The minimum atomic E-state index is 0.880. The van der Waals surface area contributed by atoms with Crippen molar-refractivity contribution in [1.82, 2.24) is 0 Å². The van der Waals surface area contributed by atoms with E-state index < -0.39 is 0 Å². The lowest BCUT2D eigenvalue weighted by atomic mass is 10.3. The van der Waals surface area contributed by atoms with Crippen molar-refractivity contribution in [3.05, 3.63) is 33.5 Å². The molecule has 0 atom stereocenters. The van der Waals surface area contributed by atoms with Crippen LogP contribution in [0.4, 0.5) is 0 Å². The molecular weight excluding hydrogens is 176 g/mol. The number of rotatable bonds is 3. The summed E-state index contributed by atoms with van der Waals surface area (Å²) in [7, 11) is 0. The summed E-state index contributed by atoms with van der Waals surface area (Å²) in [6, 6.07) is 4.02. The average molecular weight is 187 g/mol. The number of thiophene rings is 1. The topological polar surface area (TPSA) is 0 Å². The lowest BCUT2D eigenvalue weighted by molar-refractivity contribution is 1.19. The summed E-state index contributed by atoms with van der Waals surface area (Å²) in [6.45, 7) is 2.14. The molecule has 11 heavy (non-hydrogen) atoms. The first kappa shape index (κ1) is 8.82. The third-order valence-electron chi connectivity index (χ3n) is 1.35. The van der Waals surface area contributed by atoms with Crippen LogP contribution in [0.1, 0.15) is 18.2 Å². The zero-order valence-electron chi connectivity index (χ0n) is 6.51. The number of hydrogen-bond acceptors (Lipinski definition) is 1. The summed E-state index contributed by atoms with van der Waals surface area (Å²) in [5.41, 5.74) is 0. The van der Waals surface area contributed by atoms with Crippen molar-refractivity contribution < 1.29 is 0 Å². The van der Waals surface area contributed by atoms with Crippen LogP contribution < -0.4 is 0 Å². The first-order valence-corrected chi connectivity index (χ1v) is 4.91. The van der Waals surface area contributed by atoms with Gasteiger partial charge in [-0.3, -0.25) is 0 Å². The molecule has 0 nitrogen and oxygen atoms in total. The molecule has 0 saturated heterocycles. The van der Waals surface area contributed by atoms with Crippen LogP contribution in [-0.2, 0) is 6.42 Å². The van der Waals surface area contributed by atoms with Gasteiger partial charge in [0.05, 0.1) is 4.34 Å². The lowest BCUT2D eigenvalue weighted by Gasteiger charge is -1.85. The number of halogens is 1. The fourth-order valence-electron chi connectivity index (χ4n) is 0.828. The van der Waals surface area contributed by atoms with Gasteiger partial charge < -0.3 is 0 Å². The first-order valence-electron chi connectivity index (χ1n) is 3.72. The molecule has 0 aliphatic rings. The fourth-order valence-corrected chi connectivity index (χ4v) is 1.89. The van der Waals surface area contributed by atoms with Gasteiger partial charge in [-0.2, -0.15) is 0 Å². The van der Waals surface area contributed by atoms with Crippen LogP contribution in [0.2, 0.25) is 4.34 Å². The van der Waals surface area contributed by atoms with Gasteiger partial charge in [-0.05, 0) is 25.0 Å². The summed E-state index contributed by atoms with van der Waals surface area (Å²) < 4.78 is 0.880. The first-order chi connectivity index (χ1) is 5.33. The third-order valence-corrected chi connectivity index (χ3v) is 2.60. The van der Waals surface area contributed by atoms with Crippen molar-refractivity contribution >= 4 is 22.9 Å². The van der Waals surface area contributed by atoms with Crippen LogP contribution in [0, 0.1) is 0 Å². The zero-order valence-corrected chi connectivity index (χ0v) is 8.08. The molecule has 2 heteroatoms. The summed E-state index contributed by atoms with van der Waals surface area (Å²) >= 11 is 7.42. The van der Waals surface area contributed by atoms with Crippen LogP contribution in [0.25, 0.3) is 0 Å². The molecule has 1 aromatic heterocycles. The van der Waals surface area contributed by atoms with Crippen LogP contribution in [0.15, 0.2) is 24.3 Å². The van der Waals surface area contributed by atoms with Crippen molar-refractivity contribution in [2.75, 3.05) is 0 Å². The molecule has 0 aliphatic carbocycles. The second kappa shape index (κ2) is 4.58. The van der Waals surface area contributed by atoms with Crippen LogP contribution in [-0.4, -0.2) is 0 Å². The monoisotopic (exact) mass is 186 g/mol. The molecular formula is C9H11ClS. The zero-order chi connectivity index (χ0) is 8.10. The van der Waals surface area contributed by atoms with E-state index in [-0.39, 0.29) is 0 Å². The highest BCUT2D eigenvalue weighted by molar-refractivity contribution is 7.16. The molecule has 60 valence electrons. The maximum atomic E-state index is 5.77. The second-order valence-electron chi connectivity index (χ2n) is 2.29. The normalized spacial score (nSPS) is 11.1. The molecule has 0 spiro atoms. The van der Waals surface area contributed by atoms with Gasteiger partial charge in [0.15, 0.2) is 0 Å². The molecule has 1 rings (SSSR count). The highest BCUT2D eigenvalue weighted by Crippen LogP contribution is 2.21. The summed E-state index contributed by atoms with van der Waals surface area (Å²) in [5.74, 6) is 0. The maximum absolute atomic E-state index is 5.77. The third kappa shape index (κ3) is 3.08. The van der Waals surface area contributed by atoms with Crippen LogP contribution >= 0.6 is 22.9 Å². The van der Waals surface area contributed by atoms with E-state index in [1.54, 1.807) is 11.3 Å². The Morgan fingerprint density at radius 3 is 2.82 bits per heavy atom. The van der Waals surface area contributed by atoms with Crippen molar-refractivity contribution in [3.63, 3.8) is 0 Å². The predicted molar refractivity (Wildman–Crippen MR) is 52.5 cm³/mol. The fraction of sp³-hybridized carbons (Fsp3) is 0.333. The van der Waals surface area contributed by atoms with Crippen LogP contribution in [0.3, 0.4) is 0 Å². The van der Waals surface area contributed by atoms with E-state index >= 15 is 0 Å². The van der Waals surface area contributed by atoms with E-state index in [1.807, 2.05) is 6.07 Å². The highest BCUT2D eigenvalue weighted by Gasteiger charge is 1.93. The van der Waals surface area contributed by atoms with Gasteiger partial charge >= 0.3 is 0 Å². The Morgan fingerprint density at radius 2 is 2.27 bits per heavy atom. The Morgan fingerprint density at radius 1 is 1.45 bits per heavy atom. The quantitative estimate of drug-likeness (QED) is 0.628. The smallest absolute Gasteiger partial charge is 0.0931 e. The lowest BCUT2D eigenvalue weighted by Crippen LogP contribution is -1.69. The number of hydrogen-bond donors (Lipinski definition) is 0. The van der Waals surface area contributed by atoms with Gasteiger partial charge in [0.25, 0.3) is 0 Å². The van der Waals surface area contributed by atoms with Crippen LogP contribution in [0.5, 0.6) is 0 Å². The van der Waals surface area contributed by atoms with Gasteiger partial charge in [-0.15, -0.1) is 11.3 Å². The molecule has 0 radical (unpaired) electrons. The number of allylic oxidation sites excluding steroid dienone is 2. The van der Waals surface area contributed by atoms with E-state index in [9.17, 15) is 0 Å². The minimum Gasteiger partial charge on any atom is -0.128 e. The Labute approximate surface area is 76.5 Å². The standard InChI is InChI=1S/C9H11ClS/c1-2-3-4-5-8-6-7-9(10)11-8/h3-4,6-7H,2,5H2,1H3. The van der Waals surface area contributed by atoms with Gasteiger partial charge in [-0.25, -0.2) is 0 Å². The highest BCUT2D eigenvalue weighted by atomic mass is 35.5. The molecule has 0 saturated carbocycles. The van der Waals surface area contributed by atoms with Crippen molar-refractivity contribution in [1.29, 1.82) is 0 Å². The Kier molecular flexibility index (Phi) is 3.67. The molecule has 1 aromatic rings. The van der Waals surface area contributed by atoms with E-state index in [2.05, 4.69) is 25.1 Å². The Hall–Kier alpha value is -0.270. The molecule has 0 unspecified atom stereocenters. The van der Waals surface area contributed by atoms with Crippen molar-refractivity contribution in [2.45, 2.75) is 19.8 Å². The van der Waals surface area contributed by atoms with Gasteiger partial charge in [-0.1, -0.05) is 30.7 Å². The SMILES string of the molecule is CCC=CCc1ccc(Cl)s1. The molecule has 0 amide bonds.